The number of hydrogen-bond donors (Lipinski definition) is 0. The number of amides is 1. The monoisotopic (exact) mass is 295 g/mol. The van der Waals surface area contributed by atoms with E-state index in [0.717, 1.165) is 57.4 Å². The van der Waals surface area contributed by atoms with Crippen LogP contribution in [0.4, 0.5) is 0 Å². The van der Waals surface area contributed by atoms with Crippen molar-refractivity contribution in [1.29, 1.82) is 0 Å². The molecule has 1 amide bonds. The number of piperidine rings is 1. The zero-order valence-electron chi connectivity index (χ0n) is 12.6. The Kier molecular flexibility index (Phi) is 6.05. The summed E-state index contributed by atoms with van der Waals surface area (Å²) < 4.78 is 5.80. The number of nitrogens with zero attached hydrogens (tertiary/aromatic N) is 1. The second-order valence-corrected chi connectivity index (χ2v) is 6.43. The zero-order valence-corrected chi connectivity index (χ0v) is 13.4. The van der Waals surface area contributed by atoms with Crippen LogP contribution in [0.1, 0.15) is 54.8 Å². The van der Waals surface area contributed by atoms with Gasteiger partial charge >= 0.3 is 0 Å². The molecule has 1 atom stereocenters. The molecule has 0 saturated carbocycles. The van der Waals surface area contributed by atoms with Crippen LogP contribution < -0.4 is 0 Å². The van der Waals surface area contributed by atoms with E-state index in [0.29, 0.717) is 0 Å². The Labute approximate surface area is 125 Å². The predicted octanol–water partition coefficient (Wildman–Crippen LogP) is 3.73. The molecule has 0 aliphatic carbocycles. The predicted molar refractivity (Wildman–Crippen MR) is 83.5 cm³/mol. The molecule has 1 aromatic heterocycles. The Morgan fingerprint density at radius 2 is 2.30 bits per heavy atom. The molecular weight excluding hydrogens is 270 g/mol. The number of rotatable bonds is 6. The van der Waals surface area contributed by atoms with Crippen LogP contribution in [-0.2, 0) is 11.2 Å². The van der Waals surface area contributed by atoms with E-state index in [2.05, 4.69) is 19.9 Å². The van der Waals surface area contributed by atoms with Crippen LogP contribution in [-0.4, -0.2) is 36.6 Å². The Balaban J connectivity index is 1.93. The summed E-state index contributed by atoms with van der Waals surface area (Å²) >= 11 is 1.70. The molecule has 0 unspecified atom stereocenters. The standard InChI is InChI=1S/C16H25NO2S/c1-3-6-15-10-13(12-20-15)16(18)17-8-5-7-14(11-17)19-9-4-2/h10,12,14H,3-9,11H2,1-2H3/t14-/m0/s1. The summed E-state index contributed by atoms with van der Waals surface area (Å²) in [5.41, 5.74) is 0.856. The highest BCUT2D eigenvalue weighted by Gasteiger charge is 2.25. The molecule has 1 aliphatic rings. The summed E-state index contributed by atoms with van der Waals surface area (Å²) in [5, 5.41) is 2.00. The van der Waals surface area contributed by atoms with Crippen molar-refractivity contribution >= 4 is 17.2 Å². The molecule has 1 fully saturated rings. The van der Waals surface area contributed by atoms with Gasteiger partial charge in [-0.3, -0.25) is 4.79 Å². The number of ether oxygens (including phenoxy) is 1. The van der Waals surface area contributed by atoms with Crippen molar-refractivity contribution in [3.63, 3.8) is 0 Å². The maximum absolute atomic E-state index is 12.5. The smallest absolute Gasteiger partial charge is 0.254 e. The summed E-state index contributed by atoms with van der Waals surface area (Å²) in [6.07, 6.45) is 5.59. The quantitative estimate of drug-likeness (QED) is 0.800. The minimum Gasteiger partial charge on any atom is -0.376 e. The van der Waals surface area contributed by atoms with Gasteiger partial charge in [0.25, 0.3) is 5.91 Å². The SMILES string of the molecule is CCCO[C@H]1CCCN(C(=O)c2csc(CCC)c2)C1. The van der Waals surface area contributed by atoms with Crippen LogP contribution in [0.15, 0.2) is 11.4 Å². The van der Waals surface area contributed by atoms with Gasteiger partial charge in [-0.2, -0.15) is 0 Å². The summed E-state index contributed by atoms with van der Waals surface area (Å²) in [7, 11) is 0. The number of thiophene rings is 1. The Bertz CT molecular complexity index is 430. The summed E-state index contributed by atoms with van der Waals surface area (Å²) in [5.74, 6) is 0.174. The normalized spacial score (nSPS) is 19.3. The number of likely N-dealkylation sites (tertiary alicyclic amines) is 1. The molecule has 0 bridgehead atoms. The molecule has 2 heterocycles. The molecule has 1 aromatic rings. The van der Waals surface area contributed by atoms with Gasteiger partial charge < -0.3 is 9.64 Å². The van der Waals surface area contributed by atoms with Gasteiger partial charge in [-0.15, -0.1) is 11.3 Å². The molecule has 2 rings (SSSR count). The fraction of sp³-hybridized carbons (Fsp3) is 0.688. The average Bonchev–Trinajstić information content (AvgIpc) is 2.93. The van der Waals surface area contributed by atoms with E-state index in [9.17, 15) is 4.79 Å². The highest BCUT2D eigenvalue weighted by atomic mass is 32.1. The average molecular weight is 295 g/mol. The van der Waals surface area contributed by atoms with Crippen LogP contribution in [0.5, 0.6) is 0 Å². The van der Waals surface area contributed by atoms with E-state index in [1.165, 1.54) is 4.88 Å². The fourth-order valence-corrected chi connectivity index (χ4v) is 3.56. The first-order valence-electron chi connectivity index (χ1n) is 7.72. The molecule has 0 radical (unpaired) electrons. The van der Waals surface area contributed by atoms with Crippen LogP contribution in [0, 0.1) is 0 Å². The summed E-state index contributed by atoms with van der Waals surface area (Å²) in [6.45, 7) is 6.70. The lowest BCUT2D eigenvalue weighted by Gasteiger charge is -2.32. The second-order valence-electron chi connectivity index (χ2n) is 5.44. The van der Waals surface area contributed by atoms with E-state index < -0.39 is 0 Å². The molecule has 0 spiro atoms. The van der Waals surface area contributed by atoms with Gasteiger partial charge in [-0.05, 0) is 31.7 Å². The van der Waals surface area contributed by atoms with Gasteiger partial charge in [0.2, 0.25) is 0 Å². The van der Waals surface area contributed by atoms with Crippen molar-refractivity contribution in [3.8, 4) is 0 Å². The Morgan fingerprint density at radius 3 is 3.05 bits per heavy atom. The van der Waals surface area contributed by atoms with Crippen molar-refractivity contribution < 1.29 is 9.53 Å². The van der Waals surface area contributed by atoms with Gasteiger partial charge in [0, 0.05) is 30.0 Å². The van der Waals surface area contributed by atoms with E-state index in [1.54, 1.807) is 11.3 Å². The largest absolute Gasteiger partial charge is 0.376 e. The molecular formula is C16H25NO2S. The minimum atomic E-state index is 0.174. The number of carbonyl (C=O) groups is 1. The molecule has 20 heavy (non-hydrogen) atoms. The number of carbonyl (C=O) groups excluding carboxylic acids is 1. The third kappa shape index (κ3) is 4.06. The van der Waals surface area contributed by atoms with Crippen LogP contribution in [0.3, 0.4) is 0 Å². The van der Waals surface area contributed by atoms with Crippen LogP contribution in [0.25, 0.3) is 0 Å². The van der Waals surface area contributed by atoms with Gasteiger partial charge in [0.15, 0.2) is 0 Å². The van der Waals surface area contributed by atoms with Crippen LogP contribution in [0.2, 0.25) is 0 Å². The van der Waals surface area contributed by atoms with E-state index >= 15 is 0 Å². The highest BCUT2D eigenvalue weighted by molar-refractivity contribution is 7.10. The second kappa shape index (κ2) is 7.79. The molecule has 3 nitrogen and oxygen atoms in total. The first-order valence-corrected chi connectivity index (χ1v) is 8.60. The van der Waals surface area contributed by atoms with Crippen molar-refractivity contribution in [2.24, 2.45) is 0 Å². The minimum absolute atomic E-state index is 0.174. The van der Waals surface area contributed by atoms with Crippen LogP contribution >= 0.6 is 11.3 Å². The van der Waals surface area contributed by atoms with Gasteiger partial charge in [0.1, 0.15) is 0 Å². The highest BCUT2D eigenvalue weighted by Crippen LogP contribution is 2.21. The van der Waals surface area contributed by atoms with Gasteiger partial charge in [0.05, 0.1) is 11.7 Å². The first kappa shape index (κ1) is 15.5. The molecule has 0 aromatic carbocycles. The number of hydrogen-bond acceptors (Lipinski definition) is 3. The Hall–Kier alpha value is -0.870. The first-order chi connectivity index (χ1) is 9.74. The lowest BCUT2D eigenvalue weighted by Crippen LogP contribution is -2.43. The molecule has 0 N–H and O–H groups in total. The summed E-state index contributed by atoms with van der Waals surface area (Å²) in [6, 6.07) is 2.06. The zero-order chi connectivity index (χ0) is 14.4. The molecule has 112 valence electrons. The van der Waals surface area contributed by atoms with Gasteiger partial charge in [-0.1, -0.05) is 20.3 Å². The van der Waals surface area contributed by atoms with Crippen molar-refractivity contribution in [2.75, 3.05) is 19.7 Å². The van der Waals surface area contributed by atoms with E-state index in [1.807, 2.05) is 10.3 Å². The Morgan fingerprint density at radius 1 is 1.45 bits per heavy atom. The topological polar surface area (TPSA) is 29.5 Å². The number of aryl methyl sites for hydroxylation is 1. The lowest BCUT2D eigenvalue weighted by atomic mass is 10.1. The fourth-order valence-electron chi connectivity index (χ4n) is 2.60. The third-order valence-corrected chi connectivity index (χ3v) is 4.62. The molecule has 1 saturated heterocycles. The van der Waals surface area contributed by atoms with Crippen molar-refractivity contribution in [2.45, 2.75) is 52.1 Å². The van der Waals surface area contributed by atoms with Crippen molar-refractivity contribution in [3.05, 3.63) is 21.9 Å². The van der Waals surface area contributed by atoms with E-state index in [-0.39, 0.29) is 12.0 Å². The maximum atomic E-state index is 12.5. The van der Waals surface area contributed by atoms with Gasteiger partial charge in [-0.25, -0.2) is 0 Å². The molecule has 1 aliphatic heterocycles. The third-order valence-electron chi connectivity index (χ3n) is 3.62. The lowest BCUT2D eigenvalue weighted by molar-refractivity contribution is 0.00213. The summed E-state index contributed by atoms with van der Waals surface area (Å²) in [4.78, 5) is 15.8. The van der Waals surface area contributed by atoms with Crippen molar-refractivity contribution in [1.82, 2.24) is 4.90 Å². The van der Waals surface area contributed by atoms with E-state index in [4.69, 9.17) is 4.74 Å². The maximum Gasteiger partial charge on any atom is 0.254 e. The molecule has 4 heteroatoms.